The van der Waals surface area contributed by atoms with Gasteiger partial charge in [0.2, 0.25) is 0 Å². The summed E-state index contributed by atoms with van der Waals surface area (Å²) in [6.07, 6.45) is 5.17. The second kappa shape index (κ2) is 5.36. The maximum Gasteiger partial charge on any atom is 0.313 e. The van der Waals surface area contributed by atoms with Crippen LogP contribution in [-0.4, -0.2) is 12.1 Å². The molecule has 0 aromatic carbocycles. The standard InChI is InChI=1S/C12H17ClO2/c1-4-9-7-10(13)5-6-11(9)12(14)15-8(2)3/h5,7-8,11H,4,6H2,1-3H3. The van der Waals surface area contributed by atoms with E-state index >= 15 is 0 Å². The molecule has 0 radical (unpaired) electrons. The quantitative estimate of drug-likeness (QED) is 0.692. The average Bonchev–Trinajstić information content (AvgIpc) is 2.16. The number of hydrogen-bond acceptors (Lipinski definition) is 2. The molecule has 0 fully saturated rings. The summed E-state index contributed by atoms with van der Waals surface area (Å²) in [4.78, 5) is 11.7. The lowest BCUT2D eigenvalue weighted by Gasteiger charge is -2.21. The van der Waals surface area contributed by atoms with Crippen molar-refractivity contribution in [3.63, 3.8) is 0 Å². The van der Waals surface area contributed by atoms with E-state index in [0.29, 0.717) is 6.42 Å². The van der Waals surface area contributed by atoms with E-state index in [-0.39, 0.29) is 18.0 Å². The summed E-state index contributed by atoms with van der Waals surface area (Å²) in [5, 5.41) is 0.723. The van der Waals surface area contributed by atoms with E-state index in [0.717, 1.165) is 17.0 Å². The maximum absolute atomic E-state index is 11.7. The predicted molar refractivity (Wildman–Crippen MR) is 61.6 cm³/mol. The molecule has 0 saturated heterocycles. The second-order valence-electron chi connectivity index (χ2n) is 3.94. The van der Waals surface area contributed by atoms with Gasteiger partial charge in [-0.1, -0.05) is 30.2 Å². The highest BCUT2D eigenvalue weighted by molar-refractivity contribution is 6.31. The van der Waals surface area contributed by atoms with Crippen LogP contribution in [0.15, 0.2) is 22.8 Å². The number of halogens is 1. The largest absolute Gasteiger partial charge is 0.463 e. The van der Waals surface area contributed by atoms with Crippen LogP contribution in [0.25, 0.3) is 0 Å². The molecular formula is C12H17ClO2. The van der Waals surface area contributed by atoms with Crippen LogP contribution < -0.4 is 0 Å². The molecule has 0 saturated carbocycles. The molecule has 0 bridgehead atoms. The minimum absolute atomic E-state index is 0.0583. The Kier molecular flexibility index (Phi) is 4.40. The van der Waals surface area contributed by atoms with Crippen molar-refractivity contribution in [3.8, 4) is 0 Å². The molecule has 15 heavy (non-hydrogen) atoms. The molecule has 0 aromatic rings. The third-order valence-electron chi connectivity index (χ3n) is 2.36. The third-order valence-corrected chi connectivity index (χ3v) is 2.63. The smallest absolute Gasteiger partial charge is 0.313 e. The number of carbonyl (C=O) groups excluding carboxylic acids is 1. The normalized spacial score (nSPS) is 21.0. The zero-order valence-corrected chi connectivity index (χ0v) is 10.2. The summed E-state index contributed by atoms with van der Waals surface area (Å²) >= 11 is 5.90. The molecule has 1 rings (SSSR count). The average molecular weight is 229 g/mol. The molecule has 1 aliphatic rings. The van der Waals surface area contributed by atoms with Gasteiger partial charge in [0.25, 0.3) is 0 Å². The van der Waals surface area contributed by atoms with Gasteiger partial charge in [0, 0.05) is 5.03 Å². The molecule has 1 atom stereocenters. The molecule has 0 N–H and O–H groups in total. The van der Waals surface area contributed by atoms with Gasteiger partial charge in [-0.05, 0) is 32.8 Å². The summed E-state index contributed by atoms with van der Waals surface area (Å²) < 4.78 is 5.20. The molecule has 2 nitrogen and oxygen atoms in total. The van der Waals surface area contributed by atoms with E-state index in [1.807, 2.05) is 32.9 Å². The maximum atomic E-state index is 11.7. The summed E-state index contributed by atoms with van der Waals surface area (Å²) in [5.74, 6) is -0.279. The summed E-state index contributed by atoms with van der Waals surface area (Å²) in [6.45, 7) is 5.74. The molecule has 0 amide bonds. The fraction of sp³-hybridized carbons (Fsp3) is 0.583. The zero-order valence-electron chi connectivity index (χ0n) is 9.42. The van der Waals surface area contributed by atoms with Crippen LogP contribution in [0.4, 0.5) is 0 Å². The van der Waals surface area contributed by atoms with Crippen LogP contribution in [0, 0.1) is 5.92 Å². The minimum atomic E-state index is -0.140. The van der Waals surface area contributed by atoms with Crippen molar-refractivity contribution in [2.24, 2.45) is 5.92 Å². The topological polar surface area (TPSA) is 26.3 Å². The first-order chi connectivity index (χ1) is 7.04. The van der Waals surface area contributed by atoms with Crippen molar-refractivity contribution in [2.45, 2.75) is 39.7 Å². The van der Waals surface area contributed by atoms with Gasteiger partial charge >= 0.3 is 5.97 Å². The highest BCUT2D eigenvalue weighted by atomic mass is 35.5. The van der Waals surface area contributed by atoms with Gasteiger partial charge < -0.3 is 4.74 Å². The van der Waals surface area contributed by atoms with E-state index in [4.69, 9.17) is 16.3 Å². The van der Waals surface area contributed by atoms with Crippen LogP contribution in [-0.2, 0) is 9.53 Å². The number of ether oxygens (including phenoxy) is 1. The Labute approximate surface area is 95.9 Å². The molecule has 0 spiro atoms. The predicted octanol–water partition coefficient (Wildman–Crippen LogP) is 3.42. The fourth-order valence-corrected chi connectivity index (χ4v) is 1.86. The van der Waals surface area contributed by atoms with Crippen LogP contribution >= 0.6 is 11.6 Å². The molecule has 1 aliphatic carbocycles. The van der Waals surface area contributed by atoms with Crippen molar-refractivity contribution in [2.75, 3.05) is 0 Å². The van der Waals surface area contributed by atoms with Crippen LogP contribution in [0.3, 0.4) is 0 Å². The number of carbonyl (C=O) groups is 1. The molecule has 0 aromatic heterocycles. The fourth-order valence-electron chi connectivity index (χ4n) is 1.63. The lowest BCUT2D eigenvalue weighted by molar-refractivity contribution is -0.151. The monoisotopic (exact) mass is 228 g/mol. The third kappa shape index (κ3) is 3.38. The van der Waals surface area contributed by atoms with E-state index in [1.165, 1.54) is 0 Å². The SMILES string of the molecule is CCC1=CC(Cl)=CCC1C(=O)OC(C)C. The highest BCUT2D eigenvalue weighted by Crippen LogP contribution is 2.29. The first kappa shape index (κ1) is 12.3. The van der Waals surface area contributed by atoms with Crippen molar-refractivity contribution >= 4 is 17.6 Å². The Morgan fingerprint density at radius 1 is 1.67 bits per heavy atom. The van der Waals surface area contributed by atoms with Crippen molar-refractivity contribution in [1.29, 1.82) is 0 Å². The number of rotatable bonds is 3. The van der Waals surface area contributed by atoms with Gasteiger partial charge in [-0.3, -0.25) is 4.79 Å². The number of hydrogen-bond donors (Lipinski definition) is 0. The van der Waals surface area contributed by atoms with E-state index in [1.54, 1.807) is 0 Å². The molecule has 0 heterocycles. The van der Waals surface area contributed by atoms with Crippen LogP contribution in [0.2, 0.25) is 0 Å². The Morgan fingerprint density at radius 2 is 2.33 bits per heavy atom. The van der Waals surface area contributed by atoms with Gasteiger partial charge in [-0.25, -0.2) is 0 Å². The summed E-state index contributed by atoms with van der Waals surface area (Å²) in [5.41, 5.74) is 1.06. The van der Waals surface area contributed by atoms with Crippen molar-refractivity contribution in [1.82, 2.24) is 0 Å². The van der Waals surface area contributed by atoms with Crippen molar-refractivity contribution < 1.29 is 9.53 Å². The Balaban J connectivity index is 2.72. The van der Waals surface area contributed by atoms with E-state index < -0.39 is 0 Å². The minimum Gasteiger partial charge on any atom is -0.463 e. The molecule has 3 heteroatoms. The van der Waals surface area contributed by atoms with E-state index in [2.05, 4.69) is 0 Å². The first-order valence-corrected chi connectivity index (χ1v) is 5.69. The Bertz CT molecular complexity index is 303. The summed E-state index contributed by atoms with van der Waals surface area (Å²) in [7, 11) is 0. The summed E-state index contributed by atoms with van der Waals surface area (Å²) in [6, 6.07) is 0. The Morgan fingerprint density at radius 3 is 2.87 bits per heavy atom. The van der Waals surface area contributed by atoms with Gasteiger partial charge in [0.05, 0.1) is 12.0 Å². The van der Waals surface area contributed by atoms with E-state index in [9.17, 15) is 4.79 Å². The number of esters is 1. The van der Waals surface area contributed by atoms with Gasteiger partial charge in [0.15, 0.2) is 0 Å². The Hall–Kier alpha value is -0.760. The van der Waals surface area contributed by atoms with Crippen LogP contribution in [0.5, 0.6) is 0 Å². The molecule has 0 aliphatic heterocycles. The van der Waals surface area contributed by atoms with Gasteiger partial charge in [-0.15, -0.1) is 0 Å². The zero-order chi connectivity index (χ0) is 11.4. The molecule has 1 unspecified atom stereocenters. The second-order valence-corrected chi connectivity index (χ2v) is 4.37. The molecule has 84 valence electrons. The van der Waals surface area contributed by atoms with Crippen LogP contribution in [0.1, 0.15) is 33.6 Å². The number of allylic oxidation sites excluding steroid dienone is 3. The van der Waals surface area contributed by atoms with Gasteiger partial charge in [-0.2, -0.15) is 0 Å². The lowest BCUT2D eigenvalue weighted by atomic mass is 9.90. The lowest BCUT2D eigenvalue weighted by Crippen LogP contribution is -2.23. The van der Waals surface area contributed by atoms with Gasteiger partial charge in [0.1, 0.15) is 0 Å². The molecular weight excluding hydrogens is 212 g/mol. The highest BCUT2D eigenvalue weighted by Gasteiger charge is 2.25. The van der Waals surface area contributed by atoms with Crippen molar-refractivity contribution in [3.05, 3.63) is 22.8 Å². The first-order valence-electron chi connectivity index (χ1n) is 5.31.